The second-order valence-electron chi connectivity index (χ2n) is 3.23. The van der Waals surface area contributed by atoms with Crippen LogP contribution in [0.25, 0.3) is 10.8 Å². The van der Waals surface area contributed by atoms with Crippen LogP contribution in [-0.4, -0.2) is 35.4 Å². The fraction of sp³-hybridized carbons (Fsp3) is 0. The van der Waals surface area contributed by atoms with E-state index in [-0.39, 0.29) is 0 Å². The molecule has 0 saturated heterocycles. The summed E-state index contributed by atoms with van der Waals surface area (Å²) in [4.78, 5) is 0. The zero-order valence-electron chi connectivity index (χ0n) is 7.46. The Balaban J connectivity index is 2.91. The van der Waals surface area contributed by atoms with Gasteiger partial charge in [0.05, 0.1) is 0 Å². The summed E-state index contributed by atoms with van der Waals surface area (Å²) in [7, 11) is 0. The van der Waals surface area contributed by atoms with Gasteiger partial charge in [-0.3, -0.25) is 0 Å². The summed E-state index contributed by atoms with van der Waals surface area (Å²) >= 11 is 4.33. The fourth-order valence-corrected chi connectivity index (χ4v) is 1.54. The number of hydrogen-bond donors (Lipinski definition) is 0. The predicted octanol–water partition coefficient (Wildman–Crippen LogP) is 0.427. The molecule has 0 aliphatic rings. The molecule has 0 aliphatic heterocycles. The Labute approximate surface area is 90.8 Å². The van der Waals surface area contributed by atoms with Crippen LogP contribution in [0.3, 0.4) is 0 Å². The summed E-state index contributed by atoms with van der Waals surface area (Å²) in [5.41, 5.74) is 0. The van der Waals surface area contributed by atoms with Crippen molar-refractivity contribution in [1.82, 2.24) is 0 Å². The van der Waals surface area contributed by atoms with Crippen molar-refractivity contribution in [3.63, 3.8) is 0 Å². The maximum absolute atomic E-state index is 2.18. The molecule has 12 heavy (non-hydrogen) atoms. The average molecular weight is 140 g/mol. The Morgan fingerprint density at radius 1 is 0.833 bits per heavy atom. The second kappa shape index (κ2) is 3.33. The van der Waals surface area contributed by atoms with E-state index in [0.29, 0.717) is 0 Å². The van der Waals surface area contributed by atoms with Gasteiger partial charge in [0.25, 0.3) is 0 Å². The van der Waals surface area contributed by atoms with Gasteiger partial charge in [-0.05, 0) is 0 Å². The van der Waals surface area contributed by atoms with E-state index in [9.17, 15) is 0 Å². The summed E-state index contributed by atoms with van der Waals surface area (Å²) < 4.78 is 2.77. The van der Waals surface area contributed by atoms with Gasteiger partial charge in [-0.1, -0.05) is 0 Å². The van der Waals surface area contributed by atoms with Crippen LogP contribution in [0.1, 0.15) is 0 Å². The van der Waals surface area contributed by atoms with E-state index < -0.39 is 0 Å². The summed E-state index contributed by atoms with van der Waals surface area (Å²) in [6.45, 7) is 0. The van der Waals surface area contributed by atoms with E-state index in [4.69, 9.17) is 0 Å². The Morgan fingerprint density at radius 3 is 2.42 bits per heavy atom. The molecule has 0 atom stereocenters. The van der Waals surface area contributed by atoms with E-state index in [1.54, 1.807) is 0 Å². The van der Waals surface area contributed by atoms with Crippen LogP contribution in [0, 0.1) is 0 Å². The molecule has 0 aliphatic carbocycles. The monoisotopic (exact) mass is 140 g/mol. The summed E-state index contributed by atoms with van der Waals surface area (Å²) in [6.07, 6.45) is 0. The molecule has 48 valence electrons. The van der Waals surface area contributed by atoms with E-state index in [1.165, 1.54) is 19.2 Å². The van der Waals surface area contributed by atoms with E-state index in [2.05, 4.69) is 71.8 Å². The topological polar surface area (TPSA) is 0 Å². The molecule has 0 nitrogen and oxygen atoms in total. The van der Waals surface area contributed by atoms with Crippen LogP contribution in [0.15, 0.2) is 36.4 Å². The van der Waals surface area contributed by atoms with E-state index in [0.717, 1.165) is 0 Å². The van der Waals surface area contributed by atoms with Crippen LogP contribution in [-0.2, 0) is 0 Å². The van der Waals surface area contributed by atoms with Crippen molar-refractivity contribution in [2.24, 2.45) is 0 Å². The average Bonchev–Trinajstić information content (AvgIpc) is 2.12. The molecule has 0 N–H and O–H groups in total. The first kappa shape index (κ1) is 8.49. The minimum absolute atomic E-state index is 1.33. The molecule has 0 radical (unpaired) electrons. The molecule has 0 amide bonds. The van der Waals surface area contributed by atoms with E-state index >= 15 is 0 Å². The van der Waals surface area contributed by atoms with Crippen molar-refractivity contribution in [3.8, 4) is 0 Å². The van der Waals surface area contributed by atoms with E-state index in [1.807, 2.05) is 0 Å². The maximum atomic E-state index is 2.18. The normalized spacial score (nSPS) is 10.7. The molecule has 2 heteroatoms. The molecule has 2 aromatic carbocycles. The van der Waals surface area contributed by atoms with Crippen LogP contribution in [0.4, 0.5) is 0 Å². The third kappa shape index (κ3) is 1.37. The van der Waals surface area contributed by atoms with Gasteiger partial charge in [0.2, 0.25) is 0 Å². The van der Waals surface area contributed by atoms with Crippen LogP contribution < -0.4 is 8.47 Å². The van der Waals surface area contributed by atoms with Crippen LogP contribution in [0.2, 0.25) is 0 Å². The van der Waals surface area contributed by atoms with Crippen molar-refractivity contribution in [1.29, 1.82) is 0 Å². The first-order valence-electron chi connectivity index (χ1n) is 4.24. The summed E-state index contributed by atoms with van der Waals surface area (Å²) in [6, 6.07) is 12.9. The molecular formula is C10H6Li2. The molecular weight excluding hydrogens is 134 g/mol. The molecule has 2 aromatic rings. The molecule has 0 aromatic heterocycles. The number of rotatable bonds is 0. The first-order valence-corrected chi connectivity index (χ1v) is 4.24. The Kier molecular flexibility index (Phi) is 2.36. The van der Waals surface area contributed by atoms with Crippen molar-refractivity contribution >= 4 is 54.7 Å². The zero-order chi connectivity index (χ0) is 8.55. The molecule has 0 saturated carbocycles. The van der Waals surface area contributed by atoms with Gasteiger partial charge < -0.3 is 0 Å². The second-order valence-corrected chi connectivity index (χ2v) is 3.23. The minimum atomic E-state index is 1.33. The van der Waals surface area contributed by atoms with Gasteiger partial charge in [-0.2, -0.15) is 0 Å². The molecule has 0 fully saturated rings. The van der Waals surface area contributed by atoms with Gasteiger partial charge >= 0.3 is 91.1 Å². The Hall–Kier alpha value is -0.105. The summed E-state index contributed by atoms with van der Waals surface area (Å²) in [5, 5.41) is 2.71. The van der Waals surface area contributed by atoms with Gasteiger partial charge in [-0.25, -0.2) is 0 Å². The van der Waals surface area contributed by atoms with Crippen LogP contribution >= 0.6 is 0 Å². The first-order chi connectivity index (χ1) is 5.79. The van der Waals surface area contributed by atoms with Crippen LogP contribution in [0.5, 0.6) is 0 Å². The SMILES string of the molecule is [Li][c]1ccc2ccccc2[c]1[Li]. The summed E-state index contributed by atoms with van der Waals surface area (Å²) in [5.74, 6) is 0. The Morgan fingerprint density at radius 2 is 1.58 bits per heavy atom. The molecule has 0 spiro atoms. The molecule has 0 unspecified atom stereocenters. The Bertz CT molecular complexity index is 421. The van der Waals surface area contributed by atoms with Crippen molar-refractivity contribution in [2.45, 2.75) is 0 Å². The standard InChI is InChI=1S/C10H6.2Li/c1-2-6-10-8-4-3-7-9(10)5-1;;/h1-3,5-7H;;. The molecule has 2 rings (SSSR count). The predicted molar refractivity (Wildman–Crippen MR) is 54.7 cm³/mol. The number of hydrogen-bond acceptors (Lipinski definition) is 0. The van der Waals surface area contributed by atoms with Gasteiger partial charge in [0, 0.05) is 0 Å². The van der Waals surface area contributed by atoms with Crippen molar-refractivity contribution in [2.75, 3.05) is 0 Å². The van der Waals surface area contributed by atoms with Crippen molar-refractivity contribution < 1.29 is 0 Å². The van der Waals surface area contributed by atoms with Crippen molar-refractivity contribution in [3.05, 3.63) is 36.4 Å². The molecule has 0 heterocycles. The third-order valence-corrected chi connectivity index (χ3v) is 2.47. The van der Waals surface area contributed by atoms with Gasteiger partial charge in [-0.15, -0.1) is 0 Å². The molecule has 0 bridgehead atoms. The van der Waals surface area contributed by atoms with Gasteiger partial charge in [0.1, 0.15) is 0 Å². The number of benzene rings is 2. The fourth-order valence-electron chi connectivity index (χ4n) is 1.54. The van der Waals surface area contributed by atoms with Gasteiger partial charge in [0.15, 0.2) is 0 Å². The number of fused-ring (bicyclic) bond motifs is 1. The third-order valence-electron chi connectivity index (χ3n) is 2.47. The quantitative estimate of drug-likeness (QED) is 0.465. The zero-order valence-corrected chi connectivity index (χ0v) is 7.46.